The molecular weight excluding hydrogens is 332 g/mol. The Hall–Kier alpha value is -1.68. The molecule has 0 amide bonds. The molecule has 2 aromatic rings. The van der Waals surface area contributed by atoms with Gasteiger partial charge in [-0.05, 0) is 36.8 Å². The van der Waals surface area contributed by atoms with E-state index in [1.165, 1.54) is 36.8 Å². The van der Waals surface area contributed by atoms with Crippen molar-refractivity contribution in [2.75, 3.05) is 26.3 Å². The van der Waals surface area contributed by atoms with Crippen LogP contribution in [0.3, 0.4) is 0 Å². The maximum absolute atomic E-state index is 5.53. The van der Waals surface area contributed by atoms with Crippen molar-refractivity contribution in [2.24, 2.45) is 0 Å². The van der Waals surface area contributed by atoms with Gasteiger partial charge < -0.3 is 4.74 Å². The Morgan fingerprint density at radius 3 is 1.78 bits per heavy atom. The first kappa shape index (κ1) is 18.7. The zero-order valence-corrected chi connectivity index (χ0v) is 16.3. The SMILES string of the molecule is c1ccc(CN(Cc2ccccc2)[C@H]2CC[C@@H](N3CCOCC3)CC2)cc1. The van der Waals surface area contributed by atoms with Crippen molar-refractivity contribution in [1.82, 2.24) is 9.80 Å². The lowest BCUT2D eigenvalue weighted by molar-refractivity contribution is -0.000304. The predicted octanol–water partition coefficient (Wildman–Crippen LogP) is 4.33. The Bertz CT molecular complexity index is 620. The lowest BCUT2D eigenvalue weighted by Crippen LogP contribution is -2.47. The van der Waals surface area contributed by atoms with Gasteiger partial charge in [-0.1, -0.05) is 60.7 Å². The highest BCUT2D eigenvalue weighted by Crippen LogP contribution is 2.29. The third-order valence-corrected chi connectivity index (χ3v) is 6.20. The first-order valence-electron chi connectivity index (χ1n) is 10.5. The quantitative estimate of drug-likeness (QED) is 0.759. The Morgan fingerprint density at radius 1 is 0.741 bits per heavy atom. The Kier molecular flexibility index (Phi) is 6.57. The summed E-state index contributed by atoms with van der Waals surface area (Å²) < 4.78 is 5.53. The molecule has 0 unspecified atom stereocenters. The second kappa shape index (κ2) is 9.50. The molecule has 0 radical (unpaired) electrons. The molecule has 2 fully saturated rings. The summed E-state index contributed by atoms with van der Waals surface area (Å²) >= 11 is 0. The van der Waals surface area contributed by atoms with Gasteiger partial charge in [0.1, 0.15) is 0 Å². The standard InChI is InChI=1S/C24H32N2O/c1-3-7-21(8-4-1)19-26(20-22-9-5-2-6-10-22)24-13-11-23(12-14-24)25-15-17-27-18-16-25/h1-10,23-24H,11-20H2/t23-,24+. The van der Waals surface area contributed by atoms with Crippen LogP contribution in [-0.4, -0.2) is 48.2 Å². The molecular formula is C24H32N2O. The second-order valence-corrected chi connectivity index (χ2v) is 7.99. The van der Waals surface area contributed by atoms with E-state index in [-0.39, 0.29) is 0 Å². The summed E-state index contributed by atoms with van der Waals surface area (Å²) in [6.07, 6.45) is 5.26. The molecule has 0 aromatic heterocycles. The molecule has 1 aliphatic heterocycles. The highest BCUT2D eigenvalue weighted by atomic mass is 16.5. The van der Waals surface area contributed by atoms with E-state index in [1.54, 1.807) is 0 Å². The van der Waals surface area contributed by atoms with E-state index >= 15 is 0 Å². The minimum Gasteiger partial charge on any atom is -0.379 e. The van der Waals surface area contributed by atoms with Crippen molar-refractivity contribution in [3.05, 3.63) is 71.8 Å². The summed E-state index contributed by atoms with van der Waals surface area (Å²) in [4.78, 5) is 5.37. The second-order valence-electron chi connectivity index (χ2n) is 7.99. The van der Waals surface area contributed by atoms with Crippen LogP contribution in [0, 0.1) is 0 Å². The van der Waals surface area contributed by atoms with Gasteiger partial charge in [0.25, 0.3) is 0 Å². The van der Waals surface area contributed by atoms with Gasteiger partial charge in [-0.2, -0.15) is 0 Å². The summed E-state index contributed by atoms with van der Waals surface area (Å²) in [5.74, 6) is 0. The van der Waals surface area contributed by atoms with Crippen molar-refractivity contribution in [1.29, 1.82) is 0 Å². The molecule has 0 atom stereocenters. The fourth-order valence-corrected chi connectivity index (χ4v) is 4.68. The van der Waals surface area contributed by atoms with E-state index in [0.29, 0.717) is 6.04 Å². The minimum absolute atomic E-state index is 0.683. The molecule has 3 heteroatoms. The largest absolute Gasteiger partial charge is 0.379 e. The van der Waals surface area contributed by atoms with Crippen molar-refractivity contribution in [3.8, 4) is 0 Å². The third kappa shape index (κ3) is 5.19. The Labute approximate surface area is 163 Å². The van der Waals surface area contributed by atoms with Crippen LogP contribution in [0.25, 0.3) is 0 Å². The van der Waals surface area contributed by atoms with Crippen molar-refractivity contribution < 1.29 is 4.74 Å². The number of rotatable bonds is 6. The molecule has 3 nitrogen and oxygen atoms in total. The zero-order valence-electron chi connectivity index (χ0n) is 16.3. The number of hydrogen-bond donors (Lipinski definition) is 0. The van der Waals surface area contributed by atoms with Gasteiger partial charge in [-0.3, -0.25) is 9.80 Å². The number of ether oxygens (including phenoxy) is 1. The van der Waals surface area contributed by atoms with Crippen molar-refractivity contribution in [3.63, 3.8) is 0 Å². The predicted molar refractivity (Wildman–Crippen MR) is 111 cm³/mol. The van der Waals surface area contributed by atoms with Gasteiger partial charge in [0, 0.05) is 38.3 Å². The van der Waals surface area contributed by atoms with Crippen LogP contribution in [-0.2, 0) is 17.8 Å². The maximum Gasteiger partial charge on any atom is 0.0594 e. The lowest BCUT2D eigenvalue weighted by Gasteiger charge is -2.42. The van der Waals surface area contributed by atoms with E-state index in [9.17, 15) is 0 Å². The smallest absolute Gasteiger partial charge is 0.0594 e. The van der Waals surface area contributed by atoms with E-state index in [0.717, 1.165) is 45.4 Å². The van der Waals surface area contributed by atoms with Crippen LogP contribution in [0.2, 0.25) is 0 Å². The number of benzene rings is 2. The number of morpholine rings is 1. The van der Waals surface area contributed by atoms with Gasteiger partial charge in [0.05, 0.1) is 13.2 Å². The minimum atomic E-state index is 0.683. The molecule has 0 spiro atoms. The first-order valence-corrected chi connectivity index (χ1v) is 10.5. The molecule has 1 heterocycles. The summed E-state index contributed by atoms with van der Waals surface area (Å²) in [5.41, 5.74) is 2.84. The van der Waals surface area contributed by atoms with Crippen LogP contribution >= 0.6 is 0 Å². The van der Waals surface area contributed by atoms with Gasteiger partial charge in [0.15, 0.2) is 0 Å². The van der Waals surface area contributed by atoms with Crippen molar-refractivity contribution >= 4 is 0 Å². The van der Waals surface area contributed by atoms with E-state index in [4.69, 9.17) is 4.74 Å². The van der Waals surface area contributed by atoms with Crippen LogP contribution in [0.5, 0.6) is 0 Å². The average molecular weight is 365 g/mol. The average Bonchev–Trinajstić information content (AvgIpc) is 2.76. The number of nitrogens with zero attached hydrogens (tertiary/aromatic N) is 2. The molecule has 1 saturated heterocycles. The summed E-state index contributed by atoms with van der Waals surface area (Å²) in [5, 5.41) is 0. The molecule has 0 N–H and O–H groups in total. The van der Waals surface area contributed by atoms with Gasteiger partial charge >= 0.3 is 0 Å². The summed E-state index contributed by atoms with van der Waals surface area (Å²) in [6, 6.07) is 23.3. The molecule has 0 bridgehead atoms. The molecule has 2 aromatic carbocycles. The van der Waals surface area contributed by atoms with E-state index in [2.05, 4.69) is 70.5 Å². The summed E-state index contributed by atoms with van der Waals surface area (Å²) in [7, 11) is 0. The van der Waals surface area contributed by atoms with Gasteiger partial charge in [-0.25, -0.2) is 0 Å². The molecule has 4 rings (SSSR count). The molecule has 1 aliphatic carbocycles. The molecule has 2 aliphatic rings. The Morgan fingerprint density at radius 2 is 1.26 bits per heavy atom. The Balaban J connectivity index is 1.40. The summed E-state index contributed by atoms with van der Waals surface area (Å²) in [6.45, 7) is 6.15. The number of hydrogen-bond acceptors (Lipinski definition) is 3. The highest BCUT2D eigenvalue weighted by Gasteiger charge is 2.29. The van der Waals surface area contributed by atoms with Gasteiger partial charge in [-0.15, -0.1) is 0 Å². The van der Waals surface area contributed by atoms with Crippen LogP contribution in [0.4, 0.5) is 0 Å². The van der Waals surface area contributed by atoms with Crippen LogP contribution in [0.15, 0.2) is 60.7 Å². The maximum atomic E-state index is 5.53. The van der Waals surface area contributed by atoms with E-state index < -0.39 is 0 Å². The topological polar surface area (TPSA) is 15.7 Å². The lowest BCUT2D eigenvalue weighted by atomic mass is 9.88. The molecule has 27 heavy (non-hydrogen) atoms. The molecule has 1 saturated carbocycles. The normalized spacial score (nSPS) is 24.2. The zero-order chi connectivity index (χ0) is 18.3. The van der Waals surface area contributed by atoms with Crippen LogP contribution < -0.4 is 0 Å². The molecule has 144 valence electrons. The monoisotopic (exact) mass is 364 g/mol. The third-order valence-electron chi connectivity index (χ3n) is 6.20. The fourth-order valence-electron chi connectivity index (χ4n) is 4.68. The van der Waals surface area contributed by atoms with Crippen molar-refractivity contribution in [2.45, 2.75) is 50.9 Å². The van der Waals surface area contributed by atoms with Gasteiger partial charge in [0.2, 0.25) is 0 Å². The van der Waals surface area contributed by atoms with Crippen LogP contribution in [0.1, 0.15) is 36.8 Å². The highest BCUT2D eigenvalue weighted by molar-refractivity contribution is 5.17. The first-order chi connectivity index (χ1) is 13.4. The fraction of sp³-hybridized carbons (Fsp3) is 0.500. The van der Waals surface area contributed by atoms with E-state index in [1.807, 2.05) is 0 Å².